The molecule has 14 heteroatoms. The van der Waals surface area contributed by atoms with Gasteiger partial charge >= 0.3 is 18.1 Å². The first kappa shape index (κ1) is 28.2. The molecule has 2 aromatic heterocycles. The van der Waals surface area contributed by atoms with Crippen molar-refractivity contribution in [3.8, 4) is 0 Å². The number of aromatic nitrogens is 2. The third kappa shape index (κ3) is 6.48. The molecule has 36 heavy (non-hydrogen) atoms. The molecule has 0 unspecified atom stereocenters. The molecule has 0 saturated heterocycles. The second kappa shape index (κ2) is 11.8. The van der Waals surface area contributed by atoms with Crippen LogP contribution in [0.15, 0.2) is 0 Å². The first-order chi connectivity index (χ1) is 17.0. The third-order valence-corrected chi connectivity index (χ3v) is 7.12. The maximum Gasteiger partial charge on any atom is 0.436 e. The predicted octanol–water partition coefficient (Wildman–Crippen LogP) is 5.53. The Hall–Kier alpha value is -2.38. The van der Waals surface area contributed by atoms with E-state index in [4.69, 9.17) is 33.3 Å². The number of esters is 2. The molecular formula is C22H26ClF3N4O4S2. The fourth-order valence-corrected chi connectivity index (χ4v) is 5.33. The second-order valence-electron chi connectivity index (χ2n) is 7.98. The van der Waals surface area contributed by atoms with Crippen molar-refractivity contribution in [2.24, 2.45) is 0 Å². The Balaban J connectivity index is 1.64. The lowest BCUT2D eigenvalue weighted by molar-refractivity contribution is -0.141. The van der Waals surface area contributed by atoms with Crippen molar-refractivity contribution in [2.75, 3.05) is 25.1 Å². The molecule has 1 aliphatic rings. The van der Waals surface area contributed by atoms with Crippen LogP contribution in [0.5, 0.6) is 0 Å². The van der Waals surface area contributed by atoms with Crippen LogP contribution in [-0.2, 0) is 22.2 Å². The van der Waals surface area contributed by atoms with E-state index in [9.17, 15) is 22.8 Å². The van der Waals surface area contributed by atoms with Gasteiger partial charge in [-0.1, -0.05) is 11.6 Å². The maximum absolute atomic E-state index is 13.2. The summed E-state index contributed by atoms with van der Waals surface area (Å²) in [6.07, 6.45) is -2.63. The van der Waals surface area contributed by atoms with E-state index in [0.29, 0.717) is 29.2 Å². The average molecular weight is 567 g/mol. The van der Waals surface area contributed by atoms with E-state index in [1.165, 1.54) is 4.68 Å². The van der Waals surface area contributed by atoms with Crippen molar-refractivity contribution in [1.29, 1.82) is 0 Å². The van der Waals surface area contributed by atoms with Crippen molar-refractivity contribution in [2.45, 2.75) is 58.7 Å². The summed E-state index contributed by atoms with van der Waals surface area (Å²) in [6.45, 7) is 5.85. The standard InChI is InChI=1S/C22H26ClF3N4O4S2/c1-4-33-19(31)13-11(3)16(20(32)34-5-2)36-18(13)28-21(35)27-9-6-10-30-15(12-7-8-12)14(23)17(29-30)22(24,25)26/h12H,4-10H2,1-3H3,(H2,27,28,35). The number of ether oxygens (including phenoxy) is 2. The number of alkyl halides is 3. The molecule has 8 nitrogen and oxygen atoms in total. The van der Waals surface area contributed by atoms with Crippen LogP contribution in [0.2, 0.25) is 5.02 Å². The summed E-state index contributed by atoms with van der Waals surface area (Å²) in [5.41, 5.74) is -0.0302. The minimum absolute atomic E-state index is 0.00578. The largest absolute Gasteiger partial charge is 0.462 e. The number of thiophene rings is 1. The average Bonchev–Trinajstić information content (AvgIpc) is 3.49. The van der Waals surface area contributed by atoms with Crippen molar-refractivity contribution >= 4 is 57.2 Å². The van der Waals surface area contributed by atoms with Crippen molar-refractivity contribution in [3.05, 3.63) is 32.4 Å². The highest BCUT2D eigenvalue weighted by atomic mass is 35.5. The zero-order chi connectivity index (χ0) is 26.6. The quantitative estimate of drug-likeness (QED) is 0.220. The normalized spacial score (nSPS) is 13.4. The van der Waals surface area contributed by atoms with E-state index in [1.54, 1.807) is 20.8 Å². The molecule has 0 aromatic carbocycles. The van der Waals surface area contributed by atoms with Gasteiger partial charge in [-0.15, -0.1) is 11.3 Å². The number of aryl methyl sites for hydroxylation is 1. The van der Waals surface area contributed by atoms with Crippen molar-refractivity contribution in [3.63, 3.8) is 0 Å². The molecule has 3 rings (SSSR count). The molecule has 1 fully saturated rings. The summed E-state index contributed by atoms with van der Waals surface area (Å²) in [4.78, 5) is 25.0. The summed E-state index contributed by atoms with van der Waals surface area (Å²) in [5.74, 6) is -1.16. The fourth-order valence-electron chi connectivity index (χ4n) is 3.57. The van der Waals surface area contributed by atoms with Crippen molar-refractivity contribution < 1.29 is 32.2 Å². The maximum atomic E-state index is 13.2. The number of nitrogens with zero attached hydrogens (tertiary/aromatic N) is 2. The first-order valence-electron chi connectivity index (χ1n) is 11.3. The molecule has 0 spiro atoms. The zero-order valence-corrected chi connectivity index (χ0v) is 22.3. The lowest BCUT2D eigenvalue weighted by atomic mass is 10.1. The molecule has 2 N–H and O–H groups in total. The molecule has 198 valence electrons. The van der Waals surface area contributed by atoms with E-state index in [1.807, 2.05) is 0 Å². The van der Waals surface area contributed by atoms with Gasteiger partial charge in [-0.3, -0.25) is 4.68 Å². The predicted molar refractivity (Wildman–Crippen MR) is 134 cm³/mol. The summed E-state index contributed by atoms with van der Waals surface area (Å²) in [6, 6.07) is 0. The van der Waals surface area contributed by atoms with E-state index in [-0.39, 0.29) is 46.3 Å². The molecule has 0 radical (unpaired) electrons. The number of hydrogen-bond donors (Lipinski definition) is 2. The van der Waals surface area contributed by atoms with E-state index in [0.717, 1.165) is 24.2 Å². The monoisotopic (exact) mass is 566 g/mol. The molecule has 2 heterocycles. The minimum atomic E-state index is -4.62. The van der Waals surface area contributed by atoms with Gasteiger partial charge in [-0.2, -0.15) is 18.3 Å². The molecular weight excluding hydrogens is 541 g/mol. The van der Waals surface area contributed by atoms with Gasteiger partial charge in [0.05, 0.1) is 29.5 Å². The Morgan fingerprint density at radius 3 is 2.44 bits per heavy atom. The van der Waals surface area contributed by atoms with Crippen LogP contribution < -0.4 is 10.6 Å². The zero-order valence-electron chi connectivity index (χ0n) is 19.9. The Bertz CT molecular complexity index is 1150. The summed E-state index contributed by atoms with van der Waals surface area (Å²) in [7, 11) is 0. The number of thiocarbonyl (C=S) groups is 1. The molecule has 0 amide bonds. The summed E-state index contributed by atoms with van der Waals surface area (Å²) >= 11 is 12.3. The Kier molecular flexibility index (Phi) is 9.23. The number of nitrogens with one attached hydrogen (secondary N) is 2. The van der Waals surface area contributed by atoms with Gasteiger partial charge in [0.2, 0.25) is 0 Å². The number of anilines is 1. The topological polar surface area (TPSA) is 94.5 Å². The van der Waals surface area contributed by atoms with Gasteiger partial charge in [0, 0.05) is 19.0 Å². The van der Waals surface area contributed by atoms with Gasteiger partial charge in [0.15, 0.2) is 10.8 Å². The summed E-state index contributed by atoms with van der Waals surface area (Å²) in [5, 5.41) is 9.77. The highest BCUT2D eigenvalue weighted by Crippen LogP contribution is 2.47. The molecule has 0 atom stereocenters. The Morgan fingerprint density at radius 1 is 1.22 bits per heavy atom. The third-order valence-electron chi connectivity index (χ3n) is 5.31. The minimum Gasteiger partial charge on any atom is -0.462 e. The highest BCUT2D eigenvalue weighted by molar-refractivity contribution is 7.80. The number of carbonyl (C=O) groups is 2. The number of halogens is 4. The number of carbonyl (C=O) groups excluding carboxylic acids is 2. The molecule has 1 aliphatic carbocycles. The molecule has 0 bridgehead atoms. The van der Waals surface area contributed by atoms with Crippen LogP contribution in [0.25, 0.3) is 0 Å². The lowest BCUT2D eigenvalue weighted by Crippen LogP contribution is -2.30. The van der Waals surface area contributed by atoms with Crippen LogP contribution in [0.1, 0.15) is 76.0 Å². The summed E-state index contributed by atoms with van der Waals surface area (Å²) < 4.78 is 51.2. The SMILES string of the molecule is CCOC(=O)c1sc(NC(=S)NCCCn2nc(C(F)(F)F)c(Cl)c2C2CC2)c(C(=O)OCC)c1C. The van der Waals surface area contributed by atoms with Crippen LogP contribution in [0, 0.1) is 6.92 Å². The molecule has 0 aliphatic heterocycles. The van der Waals surface area contributed by atoms with E-state index < -0.39 is 23.8 Å². The first-order valence-corrected chi connectivity index (χ1v) is 13.0. The van der Waals surface area contributed by atoms with E-state index in [2.05, 4.69) is 15.7 Å². The Labute approximate surface area is 220 Å². The van der Waals surface area contributed by atoms with Gasteiger partial charge in [0.25, 0.3) is 0 Å². The van der Waals surface area contributed by atoms with Crippen LogP contribution in [-0.4, -0.2) is 46.6 Å². The van der Waals surface area contributed by atoms with Crippen LogP contribution in [0.4, 0.5) is 18.2 Å². The van der Waals surface area contributed by atoms with E-state index >= 15 is 0 Å². The molecule has 1 saturated carbocycles. The van der Waals surface area contributed by atoms with Gasteiger partial charge in [0.1, 0.15) is 9.88 Å². The van der Waals surface area contributed by atoms with Gasteiger partial charge < -0.3 is 20.1 Å². The molecule has 2 aromatic rings. The highest BCUT2D eigenvalue weighted by Gasteiger charge is 2.41. The van der Waals surface area contributed by atoms with Crippen LogP contribution in [0.3, 0.4) is 0 Å². The smallest absolute Gasteiger partial charge is 0.436 e. The number of hydrogen-bond acceptors (Lipinski definition) is 7. The van der Waals surface area contributed by atoms with Crippen LogP contribution >= 0.6 is 35.2 Å². The van der Waals surface area contributed by atoms with Crippen molar-refractivity contribution in [1.82, 2.24) is 15.1 Å². The van der Waals surface area contributed by atoms with Gasteiger partial charge in [-0.05, 0) is 57.8 Å². The fraction of sp³-hybridized carbons (Fsp3) is 0.545. The second-order valence-corrected chi connectivity index (χ2v) is 9.79. The lowest BCUT2D eigenvalue weighted by Gasteiger charge is -2.12. The number of rotatable bonds is 10. The Morgan fingerprint density at radius 2 is 1.86 bits per heavy atom. The van der Waals surface area contributed by atoms with Gasteiger partial charge in [-0.25, -0.2) is 9.59 Å².